The van der Waals surface area contributed by atoms with Crippen molar-refractivity contribution in [3.05, 3.63) is 0 Å². The number of nitrogens with zero attached hydrogens (tertiary/aromatic N) is 1. The van der Waals surface area contributed by atoms with Gasteiger partial charge in [0.1, 0.15) is 0 Å². The molecule has 1 aliphatic heterocycles. The van der Waals surface area contributed by atoms with Crippen molar-refractivity contribution < 1.29 is 4.74 Å². The minimum absolute atomic E-state index is 0. The number of hydrogen-bond acceptors (Lipinski definition) is 4. The third kappa shape index (κ3) is 8.76. The summed E-state index contributed by atoms with van der Waals surface area (Å²) < 4.78 is 5.77. The van der Waals surface area contributed by atoms with Gasteiger partial charge in [-0.2, -0.15) is 23.5 Å². The Morgan fingerprint density at radius 2 is 1.90 bits per heavy atom. The minimum atomic E-state index is 0. The number of unbranched alkanes of at least 4 members (excludes halogenated alkanes) is 1. The van der Waals surface area contributed by atoms with Crippen LogP contribution < -0.4 is 10.6 Å². The molecule has 1 saturated heterocycles. The molecule has 0 saturated carbocycles. The highest BCUT2D eigenvalue weighted by Crippen LogP contribution is 2.32. The first-order valence-corrected chi connectivity index (χ1v) is 9.94. The van der Waals surface area contributed by atoms with Crippen LogP contribution in [0.4, 0.5) is 0 Å². The fourth-order valence-electron chi connectivity index (χ4n) is 2.24. The van der Waals surface area contributed by atoms with E-state index in [4.69, 9.17) is 4.74 Å². The molecule has 2 N–H and O–H groups in total. The zero-order valence-corrected chi connectivity index (χ0v) is 17.4. The van der Waals surface area contributed by atoms with Crippen LogP contribution in [0.5, 0.6) is 0 Å². The molecule has 0 aromatic rings. The molecule has 0 amide bonds. The van der Waals surface area contributed by atoms with E-state index in [9.17, 15) is 0 Å². The van der Waals surface area contributed by atoms with Crippen molar-refractivity contribution >= 4 is 53.5 Å². The standard InChI is InChI=1S/C14H29N3OS2.HI/c1-15-13(16-8-4-5-11-19-2)17-12-14(20-3)6-9-18-10-7-14;/h4-12H2,1-3H3,(H2,15,16,17);1H. The summed E-state index contributed by atoms with van der Waals surface area (Å²) in [6.07, 6.45) is 9.05. The summed E-state index contributed by atoms with van der Waals surface area (Å²) in [5.74, 6) is 2.16. The van der Waals surface area contributed by atoms with Crippen LogP contribution in [0.25, 0.3) is 0 Å². The summed E-state index contributed by atoms with van der Waals surface area (Å²) in [4.78, 5) is 4.30. The van der Waals surface area contributed by atoms with Crippen LogP contribution in [0.2, 0.25) is 0 Å². The molecule has 126 valence electrons. The van der Waals surface area contributed by atoms with Gasteiger partial charge in [-0.05, 0) is 43.9 Å². The van der Waals surface area contributed by atoms with Crippen molar-refractivity contribution in [1.82, 2.24) is 10.6 Å². The van der Waals surface area contributed by atoms with E-state index in [2.05, 4.69) is 28.1 Å². The van der Waals surface area contributed by atoms with Gasteiger partial charge in [-0.3, -0.25) is 4.99 Å². The van der Waals surface area contributed by atoms with Gasteiger partial charge in [0.05, 0.1) is 0 Å². The molecule has 0 unspecified atom stereocenters. The van der Waals surface area contributed by atoms with Gasteiger partial charge in [-0.15, -0.1) is 24.0 Å². The smallest absolute Gasteiger partial charge is 0.191 e. The van der Waals surface area contributed by atoms with Crippen LogP contribution in [0.3, 0.4) is 0 Å². The first-order valence-electron chi connectivity index (χ1n) is 7.33. The van der Waals surface area contributed by atoms with E-state index >= 15 is 0 Å². The molecule has 1 rings (SSSR count). The fraction of sp³-hybridized carbons (Fsp3) is 0.929. The largest absolute Gasteiger partial charge is 0.381 e. The summed E-state index contributed by atoms with van der Waals surface area (Å²) in [5, 5.41) is 6.88. The zero-order valence-electron chi connectivity index (χ0n) is 13.4. The second kappa shape index (κ2) is 13.1. The Morgan fingerprint density at radius 3 is 2.48 bits per heavy atom. The van der Waals surface area contributed by atoms with E-state index in [0.29, 0.717) is 4.75 Å². The van der Waals surface area contributed by atoms with Crippen molar-refractivity contribution in [2.45, 2.75) is 30.4 Å². The van der Waals surface area contributed by atoms with E-state index in [1.54, 1.807) is 0 Å². The number of nitrogens with one attached hydrogen (secondary N) is 2. The molecule has 4 nitrogen and oxygen atoms in total. The van der Waals surface area contributed by atoms with E-state index in [1.165, 1.54) is 18.6 Å². The SMILES string of the molecule is CN=C(NCCCCSC)NCC1(SC)CCOCC1.I. The molecule has 0 atom stereocenters. The summed E-state index contributed by atoms with van der Waals surface area (Å²) in [5.41, 5.74) is 0. The van der Waals surface area contributed by atoms with Crippen molar-refractivity contribution in [3.63, 3.8) is 0 Å². The maximum Gasteiger partial charge on any atom is 0.191 e. The zero-order chi connectivity index (χ0) is 14.7. The van der Waals surface area contributed by atoms with Gasteiger partial charge in [-0.25, -0.2) is 0 Å². The van der Waals surface area contributed by atoms with Crippen molar-refractivity contribution in [2.75, 3.05) is 51.6 Å². The molecule has 1 heterocycles. The normalized spacial score (nSPS) is 18.0. The molecule has 0 aromatic carbocycles. The van der Waals surface area contributed by atoms with Crippen LogP contribution in [0.1, 0.15) is 25.7 Å². The highest BCUT2D eigenvalue weighted by atomic mass is 127. The van der Waals surface area contributed by atoms with Crippen LogP contribution in [0, 0.1) is 0 Å². The lowest BCUT2D eigenvalue weighted by atomic mass is 9.99. The molecule has 0 bridgehead atoms. The number of aliphatic imine (C=N–C) groups is 1. The van der Waals surface area contributed by atoms with E-state index in [0.717, 1.165) is 45.1 Å². The summed E-state index contributed by atoms with van der Waals surface area (Å²) in [6, 6.07) is 0. The van der Waals surface area contributed by atoms with Crippen molar-refractivity contribution in [1.29, 1.82) is 0 Å². The third-order valence-corrected chi connectivity index (χ3v) is 5.82. The van der Waals surface area contributed by atoms with Gasteiger partial charge in [0, 0.05) is 38.1 Å². The number of guanidine groups is 1. The maximum atomic E-state index is 5.47. The predicted octanol–water partition coefficient (Wildman–Crippen LogP) is 2.82. The second-order valence-corrected chi connectivity index (χ2v) is 7.31. The van der Waals surface area contributed by atoms with Gasteiger partial charge in [-0.1, -0.05) is 0 Å². The molecule has 21 heavy (non-hydrogen) atoms. The first kappa shape index (κ1) is 21.7. The highest BCUT2D eigenvalue weighted by molar-refractivity contribution is 14.0. The number of hydrogen-bond donors (Lipinski definition) is 2. The Hall–Kier alpha value is 0.660. The second-order valence-electron chi connectivity index (χ2n) is 5.05. The summed E-state index contributed by atoms with van der Waals surface area (Å²) in [7, 11) is 1.84. The number of thioether (sulfide) groups is 2. The number of rotatable bonds is 8. The first-order chi connectivity index (χ1) is 9.76. The lowest BCUT2D eigenvalue weighted by molar-refractivity contribution is 0.0783. The molecule has 1 aliphatic rings. The Morgan fingerprint density at radius 1 is 1.19 bits per heavy atom. The van der Waals surface area contributed by atoms with Crippen LogP contribution >= 0.6 is 47.5 Å². The van der Waals surface area contributed by atoms with Gasteiger partial charge in [0.25, 0.3) is 0 Å². The van der Waals surface area contributed by atoms with Crippen molar-refractivity contribution in [2.24, 2.45) is 4.99 Å². The topological polar surface area (TPSA) is 45.7 Å². The Balaban J connectivity index is 0.00000400. The fourth-order valence-corrected chi connectivity index (χ4v) is 3.52. The third-order valence-electron chi connectivity index (χ3n) is 3.71. The summed E-state index contributed by atoms with van der Waals surface area (Å²) >= 11 is 3.86. The quantitative estimate of drug-likeness (QED) is 0.259. The molecule has 0 radical (unpaired) electrons. The van der Waals surface area contributed by atoms with Crippen LogP contribution in [-0.2, 0) is 4.74 Å². The van der Waals surface area contributed by atoms with Crippen LogP contribution in [0.15, 0.2) is 4.99 Å². The van der Waals surface area contributed by atoms with Crippen LogP contribution in [-0.4, -0.2) is 62.3 Å². The molecule has 0 aromatic heterocycles. The van der Waals surface area contributed by atoms with E-state index in [-0.39, 0.29) is 24.0 Å². The monoisotopic (exact) mass is 447 g/mol. The van der Waals surface area contributed by atoms with E-state index in [1.807, 2.05) is 30.6 Å². The molecule has 7 heteroatoms. The molecular weight excluding hydrogens is 417 g/mol. The molecule has 0 aliphatic carbocycles. The molecular formula is C14H30IN3OS2. The average molecular weight is 447 g/mol. The van der Waals surface area contributed by atoms with Gasteiger partial charge >= 0.3 is 0 Å². The van der Waals surface area contributed by atoms with Gasteiger partial charge in [0.2, 0.25) is 0 Å². The van der Waals surface area contributed by atoms with Gasteiger partial charge in [0.15, 0.2) is 5.96 Å². The Labute approximate surface area is 155 Å². The van der Waals surface area contributed by atoms with Crippen molar-refractivity contribution in [3.8, 4) is 0 Å². The number of halogens is 1. The van der Waals surface area contributed by atoms with Gasteiger partial charge < -0.3 is 15.4 Å². The highest BCUT2D eigenvalue weighted by Gasteiger charge is 2.31. The number of ether oxygens (including phenoxy) is 1. The summed E-state index contributed by atoms with van der Waals surface area (Å²) in [6.45, 7) is 3.71. The van der Waals surface area contributed by atoms with E-state index < -0.39 is 0 Å². The lowest BCUT2D eigenvalue weighted by Gasteiger charge is -2.36. The Bertz CT molecular complexity index is 287. The predicted molar refractivity (Wildman–Crippen MR) is 109 cm³/mol. The lowest BCUT2D eigenvalue weighted by Crippen LogP contribution is -2.48. The molecule has 0 spiro atoms. The average Bonchev–Trinajstić information content (AvgIpc) is 2.51. The maximum absolute atomic E-state index is 5.47. The Kier molecular flexibility index (Phi) is 13.5. The molecule has 1 fully saturated rings. The minimum Gasteiger partial charge on any atom is -0.381 e.